The van der Waals surface area contributed by atoms with Crippen LogP contribution in [0.4, 0.5) is 0 Å². The van der Waals surface area contributed by atoms with Crippen molar-refractivity contribution in [3.8, 4) is 0 Å². The van der Waals surface area contributed by atoms with E-state index in [9.17, 15) is 4.57 Å². The molecule has 0 saturated heterocycles. The maximum atomic E-state index is 14.7. The molecule has 0 saturated carbocycles. The highest BCUT2D eigenvalue weighted by atomic mass is 35.5. The Morgan fingerprint density at radius 2 is 1.20 bits per heavy atom. The van der Waals surface area contributed by atoms with Gasteiger partial charge in [-0.2, -0.15) is 0 Å². The van der Waals surface area contributed by atoms with E-state index in [2.05, 4.69) is 12.1 Å². The van der Waals surface area contributed by atoms with Crippen molar-refractivity contribution in [1.82, 2.24) is 0 Å². The quantitative estimate of drug-likeness (QED) is 0.322. The summed E-state index contributed by atoms with van der Waals surface area (Å²) in [7, 11) is -3.30. The van der Waals surface area contributed by atoms with Gasteiger partial charge in [-0.25, -0.2) is 0 Å². The normalized spacial score (nSPS) is 23.0. The number of rotatable bonds is 3. The van der Waals surface area contributed by atoms with Gasteiger partial charge in [-0.1, -0.05) is 96.5 Å². The Morgan fingerprint density at radius 1 is 0.633 bits per heavy atom. The molecule has 1 heterocycles. The Hall–Kier alpha value is -2.64. The Morgan fingerprint density at radius 3 is 1.87 bits per heavy atom. The van der Waals surface area contributed by atoms with E-state index in [4.69, 9.17) is 16.1 Å². The summed E-state index contributed by atoms with van der Waals surface area (Å²) < 4.78 is 21.3. The van der Waals surface area contributed by atoms with Crippen LogP contribution in [0.5, 0.6) is 0 Å². The minimum Gasteiger partial charge on any atom is -0.312 e. The summed E-state index contributed by atoms with van der Waals surface area (Å²) in [6, 6.07) is 35.3. The van der Waals surface area contributed by atoms with Crippen molar-refractivity contribution in [2.75, 3.05) is 0 Å². The van der Waals surface area contributed by atoms with Gasteiger partial charge in [-0.05, 0) is 46.5 Å². The molecule has 0 aromatic heterocycles. The highest BCUT2D eigenvalue weighted by Gasteiger charge is 2.46. The van der Waals surface area contributed by atoms with E-state index in [1.807, 2.05) is 97.1 Å². The first kappa shape index (κ1) is 19.3. The second kappa shape index (κ2) is 7.89. The van der Waals surface area contributed by atoms with Crippen LogP contribution in [-0.4, -0.2) is 0 Å². The van der Waals surface area contributed by atoms with E-state index >= 15 is 0 Å². The van der Waals surface area contributed by atoms with Gasteiger partial charge in [-0.3, -0.25) is 4.57 Å². The van der Waals surface area contributed by atoms with Crippen molar-refractivity contribution in [3.05, 3.63) is 136 Å². The van der Waals surface area contributed by atoms with E-state index in [-0.39, 0.29) is 5.66 Å². The van der Waals surface area contributed by atoms with E-state index in [0.29, 0.717) is 5.02 Å². The molecule has 0 fully saturated rings. The molecule has 30 heavy (non-hydrogen) atoms. The minimum absolute atomic E-state index is 0.360. The van der Waals surface area contributed by atoms with Crippen LogP contribution in [0, 0.1) is 0 Å². The lowest BCUT2D eigenvalue weighted by Crippen LogP contribution is -2.24. The lowest BCUT2D eigenvalue weighted by atomic mass is 9.92. The zero-order valence-corrected chi connectivity index (χ0v) is 17.8. The van der Waals surface area contributed by atoms with Gasteiger partial charge in [-0.15, -0.1) is 0 Å². The summed E-state index contributed by atoms with van der Waals surface area (Å²) in [5.41, 5.74) is 3.65. The van der Waals surface area contributed by atoms with E-state index in [0.717, 1.165) is 27.6 Å². The predicted molar refractivity (Wildman–Crippen MR) is 123 cm³/mol. The first-order valence-electron chi connectivity index (χ1n) is 9.90. The van der Waals surface area contributed by atoms with Crippen molar-refractivity contribution in [2.24, 2.45) is 0 Å². The van der Waals surface area contributed by atoms with Crippen molar-refractivity contribution < 1.29 is 9.09 Å². The van der Waals surface area contributed by atoms with Crippen molar-refractivity contribution in [3.63, 3.8) is 0 Å². The molecule has 4 aromatic carbocycles. The lowest BCUT2D eigenvalue weighted by molar-refractivity contribution is 0.240. The molecule has 0 spiro atoms. The van der Waals surface area contributed by atoms with E-state index < -0.39 is 13.5 Å². The summed E-state index contributed by atoms with van der Waals surface area (Å²) in [4.78, 5) is 0. The molecule has 1 aliphatic rings. The van der Waals surface area contributed by atoms with Gasteiger partial charge in [0.05, 0.1) is 5.66 Å². The molecule has 1 aliphatic heterocycles. The number of halogens is 1. The van der Waals surface area contributed by atoms with Gasteiger partial charge in [0, 0.05) is 10.3 Å². The summed E-state index contributed by atoms with van der Waals surface area (Å²) in [6.45, 7) is 0. The van der Waals surface area contributed by atoms with Crippen LogP contribution in [-0.2, 0) is 9.09 Å². The van der Waals surface area contributed by atoms with Crippen LogP contribution in [0.3, 0.4) is 0 Å². The fraction of sp³-hybridized carbons (Fsp3) is 0.0769. The molecular formula is C26H20ClO2P. The van der Waals surface area contributed by atoms with Gasteiger partial charge in [0.15, 0.2) is 0 Å². The van der Waals surface area contributed by atoms with Gasteiger partial charge < -0.3 is 4.52 Å². The smallest absolute Gasteiger partial charge is 0.244 e. The Balaban J connectivity index is 1.77. The molecule has 5 rings (SSSR count). The maximum absolute atomic E-state index is 14.7. The van der Waals surface area contributed by atoms with Crippen LogP contribution in [0.1, 0.15) is 34.0 Å². The Kier molecular flexibility index (Phi) is 5.08. The largest absolute Gasteiger partial charge is 0.312 e. The zero-order chi connectivity index (χ0) is 20.6. The van der Waals surface area contributed by atoms with Crippen LogP contribution in [0.25, 0.3) is 0 Å². The predicted octanol–water partition coefficient (Wildman–Crippen LogP) is 7.15. The van der Waals surface area contributed by atoms with Crippen LogP contribution < -0.4 is 5.30 Å². The summed E-state index contributed by atoms with van der Waals surface area (Å²) in [5.74, 6) is 0. The molecule has 4 heteroatoms. The van der Waals surface area contributed by atoms with Gasteiger partial charge >= 0.3 is 0 Å². The number of fused-ring (bicyclic) bond motifs is 1. The maximum Gasteiger partial charge on any atom is 0.244 e. The molecule has 0 N–H and O–H groups in total. The number of hydrogen-bond acceptors (Lipinski definition) is 2. The topological polar surface area (TPSA) is 26.3 Å². The molecule has 148 valence electrons. The molecule has 0 bridgehead atoms. The number of benzene rings is 4. The fourth-order valence-corrected chi connectivity index (χ4v) is 7.16. The molecular weight excluding hydrogens is 411 g/mol. The van der Waals surface area contributed by atoms with E-state index in [1.165, 1.54) is 0 Å². The average Bonchev–Trinajstić information content (AvgIpc) is 2.80. The van der Waals surface area contributed by atoms with Crippen LogP contribution in [0.2, 0.25) is 5.02 Å². The summed E-state index contributed by atoms with van der Waals surface area (Å²) in [5, 5.41) is 1.39. The molecule has 0 aliphatic carbocycles. The SMILES string of the molecule is O=P1(c2ccccc2)OC(c2ccc(Cl)cc2)c2ccccc2C1c1ccccc1. The summed E-state index contributed by atoms with van der Waals surface area (Å²) >= 11 is 6.11. The third-order valence-electron chi connectivity index (χ3n) is 5.58. The van der Waals surface area contributed by atoms with E-state index in [1.54, 1.807) is 0 Å². The third kappa shape index (κ3) is 3.32. The van der Waals surface area contributed by atoms with Crippen LogP contribution >= 0.6 is 19.0 Å². The second-order valence-corrected chi connectivity index (χ2v) is 10.3. The highest BCUT2D eigenvalue weighted by Crippen LogP contribution is 2.68. The first-order chi connectivity index (χ1) is 14.7. The molecule has 0 radical (unpaired) electrons. The van der Waals surface area contributed by atoms with Gasteiger partial charge in [0.1, 0.15) is 6.10 Å². The lowest BCUT2D eigenvalue weighted by Gasteiger charge is -2.39. The minimum atomic E-state index is -3.30. The monoisotopic (exact) mass is 430 g/mol. The summed E-state index contributed by atoms with van der Waals surface area (Å²) in [6.07, 6.45) is -0.426. The molecule has 0 amide bonds. The Labute approximate surface area is 181 Å². The highest BCUT2D eigenvalue weighted by molar-refractivity contribution is 7.67. The fourth-order valence-electron chi connectivity index (χ4n) is 4.19. The molecule has 3 unspecified atom stereocenters. The number of hydrogen-bond donors (Lipinski definition) is 0. The average molecular weight is 431 g/mol. The molecule has 3 atom stereocenters. The van der Waals surface area contributed by atoms with Crippen molar-refractivity contribution in [1.29, 1.82) is 0 Å². The van der Waals surface area contributed by atoms with Crippen molar-refractivity contribution >= 4 is 24.3 Å². The third-order valence-corrected chi connectivity index (χ3v) is 8.63. The zero-order valence-electron chi connectivity index (χ0n) is 16.2. The Bertz CT molecular complexity index is 1210. The van der Waals surface area contributed by atoms with Gasteiger partial charge in [0.25, 0.3) is 0 Å². The standard InChI is InChI=1S/C26H20ClO2P/c27-21-17-15-19(16-18-21)25-23-13-7-8-14-24(23)26(20-9-3-1-4-10-20)30(28,29-25)22-11-5-2-6-12-22/h1-18,25-26H. The second-order valence-electron chi connectivity index (χ2n) is 7.41. The van der Waals surface area contributed by atoms with Crippen LogP contribution in [0.15, 0.2) is 109 Å². The first-order valence-corrected chi connectivity index (χ1v) is 12.0. The molecule has 4 aromatic rings. The van der Waals surface area contributed by atoms with Gasteiger partial charge in [0.2, 0.25) is 7.37 Å². The molecule has 2 nitrogen and oxygen atoms in total. The van der Waals surface area contributed by atoms with Crippen molar-refractivity contribution in [2.45, 2.75) is 11.8 Å².